The van der Waals surface area contributed by atoms with Gasteiger partial charge in [-0.05, 0) is 31.7 Å². The number of nitrogens with zero attached hydrogens (tertiary/aromatic N) is 5. The summed E-state index contributed by atoms with van der Waals surface area (Å²) in [5, 5.41) is 0. The van der Waals surface area contributed by atoms with E-state index in [0.717, 1.165) is 55.7 Å². The number of aromatic nitrogens is 3. The quantitative estimate of drug-likeness (QED) is 0.854. The molecule has 2 fully saturated rings. The Kier molecular flexibility index (Phi) is 4.68. The summed E-state index contributed by atoms with van der Waals surface area (Å²) in [7, 11) is 1.70. The Hall–Kier alpha value is -2.37. The van der Waals surface area contributed by atoms with E-state index < -0.39 is 0 Å². The minimum Gasteiger partial charge on any atom is -0.497 e. The van der Waals surface area contributed by atoms with E-state index in [4.69, 9.17) is 4.74 Å². The lowest BCUT2D eigenvalue weighted by Crippen LogP contribution is -2.30. The predicted octanol–water partition coefficient (Wildman–Crippen LogP) is 2.86. The van der Waals surface area contributed by atoms with Crippen molar-refractivity contribution in [3.63, 3.8) is 0 Å². The lowest BCUT2D eigenvalue weighted by Gasteiger charge is -2.28. The second-order valence-electron chi connectivity index (χ2n) is 6.83. The first-order valence-electron chi connectivity index (χ1n) is 9.15. The Balaban J connectivity index is 1.47. The highest BCUT2D eigenvalue weighted by Crippen LogP contribution is 2.31. The largest absolute Gasteiger partial charge is 0.497 e. The fourth-order valence-electron chi connectivity index (χ4n) is 3.79. The maximum atomic E-state index is 5.33. The molecule has 6 heteroatoms. The number of hydrogen-bond donors (Lipinski definition) is 0. The summed E-state index contributed by atoms with van der Waals surface area (Å²) in [4.78, 5) is 18.3. The van der Waals surface area contributed by atoms with Gasteiger partial charge in [0, 0.05) is 56.1 Å². The van der Waals surface area contributed by atoms with Crippen molar-refractivity contribution < 1.29 is 4.74 Å². The second kappa shape index (κ2) is 7.25. The van der Waals surface area contributed by atoms with Crippen LogP contribution < -0.4 is 14.5 Å². The van der Waals surface area contributed by atoms with Crippen LogP contribution in [0.4, 0.5) is 11.6 Å². The van der Waals surface area contributed by atoms with E-state index in [2.05, 4.69) is 30.8 Å². The number of pyridine rings is 1. The molecule has 2 aromatic heterocycles. The van der Waals surface area contributed by atoms with Crippen LogP contribution in [0.1, 0.15) is 37.3 Å². The number of piperidine rings is 1. The van der Waals surface area contributed by atoms with Crippen LogP contribution in [0.5, 0.6) is 5.75 Å². The molecule has 1 atom stereocenters. The van der Waals surface area contributed by atoms with Gasteiger partial charge in [-0.25, -0.2) is 9.97 Å². The second-order valence-corrected chi connectivity index (χ2v) is 6.83. The molecule has 132 valence electrons. The molecule has 2 aliphatic rings. The van der Waals surface area contributed by atoms with Crippen LogP contribution in [0.3, 0.4) is 0 Å². The molecule has 1 unspecified atom stereocenters. The molecule has 0 spiro atoms. The summed E-state index contributed by atoms with van der Waals surface area (Å²) in [6.45, 7) is 4.15. The van der Waals surface area contributed by atoms with Crippen LogP contribution in [-0.4, -0.2) is 48.2 Å². The summed E-state index contributed by atoms with van der Waals surface area (Å²) in [5.41, 5.74) is 1.10. The van der Waals surface area contributed by atoms with Crippen molar-refractivity contribution >= 4 is 11.6 Å². The molecule has 6 nitrogen and oxygen atoms in total. The van der Waals surface area contributed by atoms with Crippen molar-refractivity contribution in [3.8, 4) is 5.75 Å². The van der Waals surface area contributed by atoms with Crippen LogP contribution in [0.25, 0.3) is 0 Å². The van der Waals surface area contributed by atoms with Crippen LogP contribution in [0.2, 0.25) is 0 Å². The van der Waals surface area contributed by atoms with Crippen molar-refractivity contribution in [2.45, 2.75) is 31.6 Å². The third-order valence-corrected chi connectivity index (χ3v) is 5.24. The van der Waals surface area contributed by atoms with E-state index in [0.29, 0.717) is 5.92 Å². The molecule has 0 aliphatic carbocycles. The molecule has 0 radical (unpaired) electrons. The van der Waals surface area contributed by atoms with Gasteiger partial charge in [0.25, 0.3) is 0 Å². The van der Waals surface area contributed by atoms with Crippen LogP contribution in [0, 0.1) is 0 Å². The first kappa shape index (κ1) is 16.1. The normalized spacial score (nSPS) is 20.8. The highest BCUT2D eigenvalue weighted by Gasteiger charge is 2.26. The monoisotopic (exact) mass is 339 g/mol. The van der Waals surface area contributed by atoms with Crippen molar-refractivity contribution in [2.24, 2.45) is 0 Å². The lowest BCUT2D eigenvalue weighted by atomic mass is 10.0. The van der Waals surface area contributed by atoms with Gasteiger partial charge in [0.05, 0.1) is 7.11 Å². The van der Waals surface area contributed by atoms with Gasteiger partial charge >= 0.3 is 0 Å². The average molecular weight is 339 g/mol. The van der Waals surface area contributed by atoms with E-state index in [1.165, 1.54) is 19.3 Å². The Morgan fingerprint density at radius 3 is 2.56 bits per heavy atom. The van der Waals surface area contributed by atoms with E-state index in [9.17, 15) is 0 Å². The molecule has 4 heterocycles. The molecule has 0 N–H and O–H groups in total. The van der Waals surface area contributed by atoms with E-state index in [1.807, 2.05) is 18.3 Å². The minimum atomic E-state index is 0.420. The van der Waals surface area contributed by atoms with E-state index >= 15 is 0 Å². The first-order valence-corrected chi connectivity index (χ1v) is 9.15. The Bertz CT molecular complexity index is 716. The maximum Gasteiger partial charge on any atom is 0.134 e. The number of anilines is 2. The third kappa shape index (κ3) is 3.52. The van der Waals surface area contributed by atoms with Gasteiger partial charge in [-0.15, -0.1) is 0 Å². The van der Waals surface area contributed by atoms with Gasteiger partial charge in [-0.1, -0.05) is 0 Å². The fraction of sp³-hybridized carbons (Fsp3) is 0.526. The van der Waals surface area contributed by atoms with Crippen molar-refractivity contribution in [2.75, 3.05) is 43.1 Å². The molecule has 0 saturated carbocycles. The van der Waals surface area contributed by atoms with Crippen molar-refractivity contribution in [1.82, 2.24) is 15.0 Å². The number of ether oxygens (including phenoxy) is 1. The van der Waals surface area contributed by atoms with Gasteiger partial charge in [0.2, 0.25) is 0 Å². The van der Waals surface area contributed by atoms with Gasteiger partial charge in [0.15, 0.2) is 0 Å². The Morgan fingerprint density at radius 2 is 1.76 bits per heavy atom. The minimum absolute atomic E-state index is 0.420. The highest BCUT2D eigenvalue weighted by molar-refractivity contribution is 5.51. The molecule has 0 amide bonds. The lowest BCUT2D eigenvalue weighted by molar-refractivity contribution is 0.413. The Morgan fingerprint density at radius 1 is 0.960 bits per heavy atom. The zero-order valence-corrected chi connectivity index (χ0v) is 14.8. The molecular formula is C19H25N5O. The highest BCUT2D eigenvalue weighted by atomic mass is 16.5. The summed E-state index contributed by atoms with van der Waals surface area (Å²) >= 11 is 0. The number of hydrogen-bond acceptors (Lipinski definition) is 6. The third-order valence-electron chi connectivity index (χ3n) is 5.24. The molecule has 25 heavy (non-hydrogen) atoms. The van der Waals surface area contributed by atoms with Crippen molar-refractivity contribution in [1.29, 1.82) is 0 Å². The van der Waals surface area contributed by atoms with E-state index in [1.54, 1.807) is 13.4 Å². The molecule has 0 bridgehead atoms. The van der Waals surface area contributed by atoms with Crippen molar-refractivity contribution in [3.05, 3.63) is 36.4 Å². The van der Waals surface area contributed by atoms with Gasteiger partial charge < -0.3 is 14.5 Å². The zero-order chi connectivity index (χ0) is 17.1. The SMILES string of the molecule is COc1ccnc(C2CCN(c3cc(N4CCCCC4)ncn3)C2)c1. The van der Waals surface area contributed by atoms with Gasteiger partial charge in [0.1, 0.15) is 23.7 Å². The first-order chi connectivity index (χ1) is 12.3. The average Bonchev–Trinajstić information content (AvgIpc) is 3.19. The Labute approximate surface area is 148 Å². The summed E-state index contributed by atoms with van der Waals surface area (Å²) in [5.74, 6) is 3.38. The molecule has 4 rings (SSSR count). The standard InChI is InChI=1S/C19H25N5O/c1-25-16-5-7-20-17(11-16)15-6-10-24(13-15)19-12-18(21-14-22-19)23-8-3-2-4-9-23/h5,7,11-12,14-15H,2-4,6,8-10,13H2,1H3. The smallest absolute Gasteiger partial charge is 0.134 e. The summed E-state index contributed by atoms with van der Waals surface area (Å²) in [6.07, 6.45) is 8.46. The van der Waals surface area contributed by atoms with Gasteiger partial charge in [-0.3, -0.25) is 4.98 Å². The molecule has 2 aliphatic heterocycles. The topological polar surface area (TPSA) is 54.4 Å². The molecule has 0 aromatic carbocycles. The summed E-state index contributed by atoms with van der Waals surface area (Å²) < 4.78 is 5.33. The predicted molar refractivity (Wildman–Crippen MR) is 98.5 cm³/mol. The van der Waals surface area contributed by atoms with Gasteiger partial charge in [-0.2, -0.15) is 0 Å². The van der Waals surface area contributed by atoms with E-state index in [-0.39, 0.29) is 0 Å². The molecular weight excluding hydrogens is 314 g/mol. The fourth-order valence-corrected chi connectivity index (χ4v) is 3.79. The number of rotatable bonds is 4. The zero-order valence-electron chi connectivity index (χ0n) is 14.8. The summed E-state index contributed by atoms with van der Waals surface area (Å²) in [6, 6.07) is 6.09. The molecule has 2 saturated heterocycles. The van der Waals surface area contributed by atoms with Crippen LogP contribution >= 0.6 is 0 Å². The van der Waals surface area contributed by atoms with Crippen LogP contribution in [-0.2, 0) is 0 Å². The molecule has 2 aromatic rings. The van der Waals surface area contributed by atoms with Crippen LogP contribution in [0.15, 0.2) is 30.7 Å². The maximum absolute atomic E-state index is 5.33. The number of methoxy groups -OCH3 is 1.